The molecule has 2 fully saturated rings. The van der Waals surface area contributed by atoms with Crippen LogP contribution in [0.3, 0.4) is 0 Å². The Bertz CT molecular complexity index is 124. The molecule has 0 unspecified atom stereocenters. The molecule has 0 atom stereocenters. The van der Waals surface area contributed by atoms with E-state index in [1.807, 2.05) is 0 Å². The van der Waals surface area contributed by atoms with Gasteiger partial charge in [-0.15, -0.1) is 0 Å². The molecule has 70 valence electrons. The Balaban J connectivity index is 1.69. The van der Waals surface area contributed by atoms with Gasteiger partial charge in [-0.05, 0) is 51.9 Å². The van der Waals surface area contributed by atoms with E-state index in [0.29, 0.717) is 0 Å². The van der Waals surface area contributed by atoms with Gasteiger partial charge in [0.1, 0.15) is 0 Å². The molecule has 0 aromatic heterocycles. The minimum absolute atomic E-state index is 1.25. The monoisotopic (exact) mass is 168 g/mol. The third-order valence-electron chi connectivity index (χ3n) is 3.05. The van der Waals surface area contributed by atoms with Crippen LogP contribution in [0.15, 0.2) is 0 Å². The van der Waals surface area contributed by atoms with Crippen LogP contribution in [0, 0.1) is 0 Å². The smallest absolute Gasteiger partial charge is 0.0506 e. The zero-order valence-corrected chi connectivity index (χ0v) is 7.97. The van der Waals surface area contributed by atoms with Gasteiger partial charge in [-0.1, -0.05) is 6.42 Å². The first-order valence-corrected chi connectivity index (χ1v) is 5.40. The van der Waals surface area contributed by atoms with E-state index in [2.05, 4.69) is 9.80 Å². The second-order valence-electron chi connectivity index (χ2n) is 4.15. The first kappa shape index (κ1) is 8.52. The van der Waals surface area contributed by atoms with Crippen LogP contribution in [0.2, 0.25) is 0 Å². The summed E-state index contributed by atoms with van der Waals surface area (Å²) in [6, 6.07) is 0. The number of hydrogen-bond acceptors (Lipinski definition) is 2. The van der Waals surface area contributed by atoms with E-state index >= 15 is 0 Å². The fourth-order valence-corrected chi connectivity index (χ4v) is 2.31. The van der Waals surface area contributed by atoms with Gasteiger partial charge in [-0.25, -0.2) is 0 Å². The van der Waals surface area contributed by atoms with Crippen LogP contribution in [-0.2, 0) is 0 Å². The standard InChI is InChI=1S/C10H20N2/c1-2-6-11(7-3-1)10-12-8-4-5-9-12/h1-10H2. The van der Waals surface area contributed by atoms with E-state index in [4.69, 9.17) is 0 Å². The number of likely N-dealkylation sites (tertiary alicyclic amines) is 2. The van der Waals surface area contributed by atoms with Crippen molar-refractivity contribution in [2.24, 2.45) is 0 Å². The van der Waals surface area contributed by atoms with Gasteiger partial charge < -0.3 is 0 Å². The first-order chi connectivity index (χ1) is 5.95. The SMILES string of the molecule is C1CCN(CN2CCCC2)CC1. The highest BCUT2D eigenvalue weighted by atomic mass is 15.3. The van der Waals surface area contributed by atoms with Gasteiger partial charge in [-0.2, -0.15) is 0 Å². The Kier molecular flexibility index (Phi) is 3.01. The Labute approximate surface area is 75.5 Å². The summed E-state index contributed by atoms with van der Waals surface area (Å²) in [5.74, 6) is 0. The summed E-state index contributed by atoms with van der Waals surface area (Å²) in [7, 11) is 0. The molecular weight excluding hydrogens is 148 g/mol. The summed E-state index contributed by atoms with van der Waals surface area (Å²) in [5.41, 5.74) is 0. The van der Waals surface area contributed by atoms with E-state index in [1.165, 1.54) is 65.0 Å². The van der Waals surface area contributed by atoms with Crippen molar-refractivity contribution < 1.29 is 0 Å². The van der Waals surface area contributed by atoms with Gasteiger partial charge in [0.2, 0.25) is 0 Å². The second kappa shape index (κ2) is 4.24. The molecule has 2 heterocycles. The van der Waals surface area contributed by atoms with Gasteiger partial charge in [-0.3, -0.25) is 9.80 Å². The Morgan fingerprint density at radius 2 is 1.00 bits per heavy atom. The molecule has 0 aromatic rings. The minimum atomic E-state index is 1.25. The molecule has 2 aliphatic rings. The van der Waals surface area contributed by atoms with Crippen LogP contribution >= 0.6 is 0 Å². The Morgan fingerprint density at radius 1 is 0.583 bits per heavy atom. The van der Waals surface area contributed by atoms with Crippen LogP contribution in [0.4, 0.5) is 0 Å². The summed E-state index contributed by atoms with van der Waals surface area (Å²) in [6.45, 7) is 6.62. The molecular formula is C10H20N2. The van der Waals surface area contributed by atoms with Crippen LogP contribution in [0.1, 0.15) is 32.1 Å². The number of piperidine rings is 1. The highest BCUT2D eigenvalue weighted by Gasteiger charge is 2.16. The van der Waals surface area contributed by atoms with Crippen LogP contribution in [0.25, 0.3) is 0 Å². The van der Waals surface area contributed by atoms with Crippen molar-refractivity contribution >= 4 is 0 Å². The molecule has 2 heteroatoms. The average Bonchev–Trinajstić information content (AvgIpc) is 2.59. The molecule has 2 aliphatic heterocycles. The highest BCUT2D eigenvalue weighted by molar-refractivity contribution is 4.69. The number of hydrogen-bond donors (Lipinski definition) is 0. The fraction of sp³-hybridized carbons (Fsp3) is 1.00. The van der Waals surface area contributed by atoms with Crippen LogP contribution in [-0.4, -0.2) is 42.6 Å². The molecule has 0 N–H and O–H groups in total. The van der Waals surface area contributed by atoms with Crippen molar-refractivity contribution in [3.8, 4) is 0 Å². The lowest BCUT2D eigenvalue weighted by Crippen LogP contribution is -2.39. The summed E-state index contributed by atoms with van der Waals surface area (Å²) in [6.07, 6.45) is 7.15. The van der Waals surface area contributed by atoms with Crippen molar-refractivity contribution in [2.45, 2.75) is 32.1 Å². The molecule has 0 saturated carbocycles. The third kappa shape index (κ3) is 2.20. The van der Waals surface area contributed by atoms with Gasteiger partial charge in [0.05, 0.1) is 6.67 Å². The molecule has 0 spiro atoms. The zero-order valence-electron chi connectivity index (χ0n) is 7.97. The van der Waals surface area contributed by atoms with Crippen molar-refractivity contribution in [1.82, 2.24) is 9.80 Å². The molecule has 0 bridgehead atoms. The van der Waals surface area contributed by atoms with Crippen molar-refractivity contribution in [3.63, 3.8) is 0 Å². The predicted molar refractivity (Wildman–Crippen MR) is 51.1 cm³/mol. The van der Waals surface area contributed by atoms with Crippen molar-refractivity contribution in [3.05, 3.63) is 0 Å². The minimum Gasteiger partial charge on any atom is -0.290 e. The first-order valence-electron chi connectivity index (χ1n) is 5.40. The molecule has 0 radical (unpaired) electrons. The topological polar surface area (TPSA) is 6.48 Å². The lowest BCUT2D eigenvalue weighted by Gasteiger charge is -2.30. The summed E-state index contributed by atoms with van der Waals surface area (Å²) in [4.78, 5) is 5.22. The molecule has 2 saturated heterocycles. The number of nitrogens with zero attached hydrogens (tertiary/aromatic N) is 2. The molecule has 2 nitrogen and oxygen atoms in total. The Morgan fingerprint density at radius 3 is 1.50 bits per heavy atom. The lowest BCUT2D eigenvalue weighted by atomic mass is 10.1. The van der Waals surface area contributed by atoms with Gasteiger partial charge in [0, 0.05) is 0 Å². The van der Waals surface area contributed by atoms with E-state index in [-0.39, 0.29) is 0 Å². The van der Waals surface area contributed by atoms with E-state index in [1.54, 1.807) is 0 Å². The lowest BCUT2D eigenvalue weighted by molar-refractivity contribution is 0.132. The van der Waals surface area contributed by atoms with Crippen LogP contribution < -0.4 is 0 Å². The normalized spacial score (nSPS) is 28.0. The second-order valence-corrected chi connectivity index (χ2v) is 4.15. The maximum absolute atomic E-state index is 2.62. The average molecular weight is 168 g/mol. The summed E-state index contributed by atoms with van der Waals surface area (Å²) < 4.78 is 0. The Hall–Kier alpha value is -0.0800. The zero-order chi connectivity index (χ0) is 8.23. The predicted octanol–water partition coefficient (Wildman–Crippen LogP) is 1.53. The molecule has 0 amide bonds. The quantitative estimate of drug-likeness (QED) is 0.617. The molecule has 0 aliphatic carbocycles. The van der Waals surface area contributed by atoms with E-state index in [0.717, 1.165) is 0 Å². The largest absolute Gasteiger partial charge is 0.290 e. The van der Waals surface area contributed by atoms with Gasteiger partial charge >= 0.3 is 0 Å². The van der Waals surface area contributed by atoms with Gasteiger partial charge in [0.15, 0.2) is 0 Å². The number of rotatable bonds is 2. The maximum Gasteiger partial charge on any atom is 0.0506 e. The summed E-state index contributed by atoms with van der Waals surface area (Å²) >= 11 is 0. The molecule has 12 heavy (non-hydrogen) atoms. The van der Waals surface area contributed by atoms with Crippen molar-refractivity contribution in [1.29, 1.82) is 0 Å². The molecule has 2 rings (SSSR count). The van der Waals surface area contributed by atoms with Crippen LogP contribution in [0.5, 0.6) is 0 Å². The maximum atomic E-state index is 2.62. The third-order valence-corrected chi connectivity index (χ3v) is 3.05. The van der Waals surface area contributed by atoms with E-state index < -0.39 is 0 Å². The van der Waals surface area contributed by atoms with E-state index in [9.17, 15) is 0 Å². The van der Waals surface area contributed by atoms with Crippen molar-refractivity contribution in [2.75, 3.05) is 32.8 Å². The fourth-order valence-electron chi connectivity index (χ4n) is 2.31. The summed E-state index contributed by atoms with van der Waals surface area (Å²) in [5, 5.41) is 0. The van der Waals surface area contributed by atoms with Gasteiger partial charge in [0.25, 0.3) is 0 Å². The highest BCUT2D eigenvalue weighted by Crippen LogP contribution is 2.12. The molecule has 0 aromatic carbocycles.